The van der Waals surface area contributed by atoms with Crippen molar-refractivity contribution >= 4 is 18.0 Å². The Morgan fingerprint density at radius 2 is 1.46 bits per heavy atom. The molecular weight excluding hydrogens is 316 g/mol. The number of nitrogens with two attached hydrogens (primary N) is 1. The number of rotatable bonds is 6. The number of hydrogen-bond donors (Lipinski definition) is 2. The van der Waals surface area contributed by atoms with Gasteiger partial charge in [0.2, 0.25) is 5.54 Å². The van der Waals surface area contributed by atoms with Crippen LogP contribution in [-0.4, -0.2) is 58.4 Å². The van der Waals surface area contributed by atoms with Gasteiger partial charge >= 0.3 is 18.0 Å². The molecule has 140 valence electrons. The molecule has 0 bridgehead atoms. The second-order valence-corrected chi connectivity index (χ2v) is 7.60. The molecule has 0 heterocycles. The van der Waals surface area contributed by atoms with E-state index in [1.165, 1.54) is 7.05 Å². The lowest BCUT2D eigenvalue weighted by atomic mass is 9.91. The highest BCUT2D eigenvalue weighted by Crippen LogP contribution is 2.27. The highest BCUT2D eigenvalue weighted by molar-refractivity contribution is 6.06. The van der Waals surface area contributed by atoms with E-state index in [1.807, 2.05) is 0 Å². The Balaban J connectivity index is 5.86. The molecule has 1 amide bonds. The summed E-state index contributed by atoms with van der Waals surface area (Å²) in [6.07, 6.45) is -0.880. The first-order valence-corrected chi connectivity index (χ1v) is 7.81. The summed E-state index contributed by atoms with van der Waals surface area (Å²) in [7, 11) is 1.21. The maximum Gasteiger partial charge on any atom is 0.411 e. The molecule has 8 heteroatoms. The largest absolute Gasteiger partial charge is 0.479 e. The molecule has 0 aromatic rings. The van der Waals surface area contributed by atoms with Crippen LogP contribution in [0.25, 0.3) is 0 Å². The van der Waals surface area contributed by atoms with Crippen LogP contribution in [0.1, 0.15) is 54.4 Å². The van der Waals surface area contributed by atoms with Gasteiger partial charge in [-0.2, -0.15) is 0 Å². The van der Waals surface area contributed by atoms with Crippen molar-refractivity contribution in [1.29, 1.82) is 0 Å². The fourth-order valence-corrected chi connectivity index (χ4v) is 1.95. The summed E-state index contributed by atoms with van der Waals surface area (Å²) in [5, 5.41) is 9.74. The molecule has 0 fully saturated rings. The molecule has 0 aromatic carbocycles. The van der Waals surface area contributed by atoms with Crippen LogP contribution in [0.4, 0.5) is 4.79 Å². The standard InChI is InChI=1S/C16H30N2O6/c1-14(2,3)23-12(21)16(11(19)20,9-8-10-17)18(7)13(22)24-15(4,5)6/h8-10,17H2,1-7H3,(H,19,20). The minimum absolute atomic E-state index is 0.167. The Bertz CT molecular complexity index is 478. The molecule has 8 nitrogen and oxygen atoms in total. The lowest BCUT2D eigenvalue weighted by Gasteiger charge is -2.38. The Morgan fingerprint density at radius 1 is 1.00 bits per heavy atom. The fourth-order valence-electron chi connectivity index (χ4n) is 1.95. The van der Waals surface area contributed by atoms with Gasteiger partial charge < -0.3 is 20.3 Å². The van der Waals surface area contributed by atoms with E-state index in [2.05, 4.69) is 0 Å². The number of esters is 1. The van der Waals surface area contributed by atoms with Gasteiger partial charge in [0, 0.05) is 7.05 Å². The second kappa shape index (κ2) is 7.83. The molecule has 0 aliphatic heterocycles. The van der Waals surface area contributed by atoms with Gasteiger partial charge in [0.1, 0.15) is 11.2 Å². The van der Waals surface area contributed by atoms with Crippen molar-refractivity contribution in [3.8, 4) is 0 Å². The first-order chi connectivity index (χ1) is 10.7. The maximum absolute atomic E-state index is 12.6. The lowest BCUT2D eigenvalue weighted by molar-refractivity contribution is -0.178. The van der Waals surface area contributed by atoms with E-state index in [9.17, 15) is 19.5 Å². The highest BCUT2D eigenvalue weighted by atomic mass is 16.6. The zero-order valence-corrected chi connectivity index (χ0v) is 15.6. The number of carbonyl (C=O) groups is 3. The van der Waals surface area contributed by atoms with Crippen molar-refractivity contribution in [2.75, 3.05) is 13.6 Å². The molecule has 0 saturated carbocycles. The van der Waals surface area contributed by atoms with E-state index >= 15 is 0 Å². The van der Waals surface area contributed by atoms with Crippen LogP contribution in [-0.2, 0) is 19.1 Å². The third kappa shape index (κ3) is 5.99. The van der Waals surface area contributed by atoms with Crippen LogP contribution >= 0.6 is 0 Å². The Morgan fingerprint density at radius 3 is 1.79 bits per heavy atom. The molecule has 0 spiro atoms. The van der Waals surface area contributed by atoms with E-state index in [0.29, 0.717) is 0 Å². The van der Waals surface area contributed by atoms with E-state index in [0.717, 1.165) is 4.90 Å². The molecule has 0 radical (unpaired) electrons. The lowest BCUT2D eigenvalue weighted by Crippen LogP contribution is -2.62. The van der Waals surface area contributed by atoms with Gasteiger partial charge in [0.15, 0.2) is 0 Å². The smallest absolute Gasteiger partial charge is 0.411 e. The molecule has 1 atom stereocenters. The van der Waals surface area contributed by atoms with Crippen LogP contribution in [0.15, 0.2) is 0 Å². The summed E-state index contributed by atoms with van der Waals surface area (Å²) in [6, 6.07) is 0. The molecule has 1 unspecified atom stereocenters. The van der Waals surface area contributed by atoms with Crippen LogP contribution in [0.2, 0.25) is 0 Å². The monoisotopic (exact) mass is 346 g/mol. The van der Waals surface area contributed by atoms with Crippen molar-refractivity contribution in [2.45, 2.75) is 71.1 Å². The number of hydrogen-bond acceptors (Lipinski definition) is 6. The summed E-state index contributed by atoms with van der Waals surface area (Å²) in [5.74, 6) is -2.51. The average molecular weight is 346 g/mol. The SMILES string of the molecule is CN(C(=O)OC(C)(C)C)C(CCCN)(C(=O)O)C(=O)OC(C)(C)C. The number of nitrogens with zero attached hydrogens (tertiary/aromatic N) is 1. The van der Waals surface area contributed by atoms with Crippen LogP contribution in [0.3, 0.4) is 0 Å². The maximum atomic E-state index is 12.6. The van der Waals surface area contributed by atoms with E-state index in [-0.39, 0.29) is 19.4 Å². The number of likely N-dealkylation sites (N-methyl/N-ethyl adjacent to an activating group) is 1. The topological polar surface area (TPSA) is 119 Å². The molecule has 0 rings (SSSR count). The zero-order valence-electron chi connectivity index (χ0n) is 15.6. The summed E-state index contributed by atoms with van der Waals surface area (Å²) in [6.45, 7) is 9.97. The number of carboxylic acid groups (broad SMARTS) is 1. The quantitative estimate of drug-likeness (QED) is 0.555. The first kappa shape index (κ1) is 22.2. The summed E-state index contributed by atoms with van der Waals surface area (Å²) >= 11 is 0. The van der Waals surface area contributed by atoms with Gasteiger partial charge in [0.05, 0.1) is 0 Å². The van der Waals surface area contributed by atoms with Crippen molar-refractivity contribution in [3.05, 3.63) is 0 Å². The predicted molar refractivity (Wildman–Crippen MR) is 88.5 cm³/mol. The molecule has 0 aromatic heterocycles. The van der Waals surface area contributed by atoms with Crippen molar-refractivity contribution in [2.24, 2.45) is 5.73 Å². The second-order valence-electron chi connectivity index (χ2n) is 7.60. The molecule has 3 N–H and O–H groups in total. The summed E-state index contributed by atoms with van der Waals surface area (Å²) < 4.78 is 10.5. The number of aliphatic carboxylic acids is 1. The van der Waals surface area contributed by atoms with E-state index in [4.69, 9.17) is 15.2 Å². The van der Waals surface area contributed by atoms with Gasteiger partial charge in [-0.25, -0.2) is 14.4 Å². The van der Waals surface area contributed by atoms with Crippen molar-refractivity contribution in [3.63, 3.8) is 0 Å². The molecule has 0 aliphatic carbocycles. The first-order valence-electron chi connectivity index (χ1n) is 7.81. The van der Waals surface area contributed by atoms with Crippen molar-refractivity contribution < 1.29 is 29.0 Å². The summed E-state index contributed by atoms with van der Waals surface area (Å²) in [4.78, 5) is 37.7. The fraction of sp³-hybridized carbons (Fsp3) is 0.812. The average Bonchev–Trinajstić information content (AvgIpc) is 2.34. The van der Waals surface area contributed by atoms with Gasteiger partial charge in [-0.1, -0.05) is 0 Å². The zero-order chi connectivity index (χ0) is 19.3. The number of ether oxygens (including phenoxy) is 2. The van der Waals surface area contributed by atoms with E-state index in [1.54, 1.807) is 41.5 Å². The molecule has 0 aliphatic rings. The van der Waals surface area contributed by atoms with Crippen LogP contribution < -0.4 is 5.73 Å². The molecule has 24 heavy (non-hydrogen) atoms. The van der Waals surface area contributed by atoms with E-state index < -0.39 is 34.8 Å². The third-order valence-corrected chi connectivity index (χ3v) is 3.07. The highest BCUT2D eigenvalue weighted by Gasteiger charge is 2.54. The van der Waals surface area contributed by atoms with Gasteiger partial charge in [-0.05, 0) is 60.9 Å². The van der Waals surface area contributed by atoms with Gasteiger partial charge in [0.25, 0.3) is 0 Å². The van der Waals surface area contributed by atoms with Gasteiger partial charge in [-0.15, -0.1) is 0 Å². The minimum atomic E-state index is -2.20. The Kier molecular flexibility index (Phi) is 7.23. The van der Waals surface area contributed by atoms with Crippen LogP contribution in [0.5, 0.6) is 0 Å². The Labute approximate surface area is 143 Å². The van der Waals surface area contributed by atoms with Crippen molar-refractivity contribution in [1.82, 2.24) is 4.90 Å². The number of carbonyl (C=O) groups excluding carboxylic acids is 2. The van der Waals surface area contributed by atoms with Gasteiger partial charge in [-0.3, -0.25) is 4.90 Å². The number of amides is 1. The predicted octanol–water partition coefficient (Wildman–Crippen LogP) is 1.76. The third-order valence-electron chi connectivity index (χ3n) is 3.07. The number of carboxylic acids is 1. The normalized spacial score (nSPS) is 14.5. The molecular formula is C16H30N2O6. The Hall–Kier alpha value is -1.83. The van der Waals surface area contributed by atoms with Crippen LogP contribution in [0, 0.1) is 0 Å². The minimum Gasteiger partial charge on any atom is -0.479 e. The summed E-state index contributed by atoms with van der Waals surface area (Å²) in [5.41, 5.74) is 1.52. The molecule has 0 saturated heterocycles.